The Morgan fingerprint density at radius 1 is 1.24 bits per heavy atom. The molecule has 0 bridgehead atoms. The molecule has 2 unspecified atom stereocenters. The average molecular weight is 314 g/mol. The van der Waals surface area contributed by atoms with Gasteiger partial charge in [-0.2, -0.15) is 0 Å². The number of non-ortho nitro benzene ring substituents is 1. The molecule has 0 saturated heterocycles. The maximum atomic E-state index is 12.3. The minimum absolute atomic E-state index is 0.00429. The molecule has 0 heterocycles. The molecule has 1 aromatic rings. The highest BCUT2D eigenvalue weighted by molar-refractivity contribution is 7.89. The number of sulfonamides is 1. The van der Waals surface area contributed by atoms with Gasteiger partial charge in [-0.3, -0.25) is 10.1 Å². The second kappa shape index (κ2) is 6.50. The van der Waals surface area contributed by atoms with E-state index in [-0.39, 0.29) is 29.1 Å². The Kier molecular flexibility index (Phi) is 4.92. The molecule has 1 aromatic carbocycles. The van der Waals surface area contributed by atoms with E-state index in [1.807, 2.05) is 0 Å². The summed E-state index contributed by atoms with van der Waals surface area (Å²) in [5.74, 6) is -0.0772. The first-order valence-electron chi connectivity index (χ1n) is 6.81. The lowest BCUT2D eigenvalue weighted by molar-refractivity contribution is -0.384. The Balaban J connectivity index is 2.15. The molecular formula is C13H18N2O5S. The summed E-state index contributed by atoms with van der Waals surface area (Å²) in [4.78, 5) is 9.99. The number of nitrogens with one attached hydrogen (secondary N) is 1. The normalized spacial score (nSPS) is 22.9. The molecule has 1 aliphatic carbocycles. The molecule has 8 heteroatoms. The number of nitro groups is 1. The number of nitro benzene ring substituents is 1. The fourth-order valence-corrected chi connectivity index (χ4v) is 3.94. The number of rotatable bonds is 5. The third kappa shape index (κ3) is 3.78. The average Bonchev–Trinajstić information content (AvgIpc) is 2.47. The predicted octanol–water partition coefficient (Wildman–Crippen LogP) is 1.42. The van der Waals surface area contributed by atoms with Crippen LogP contribution in [0.4, 0.5) is 5.69 Å². The highest BCUT2D eigenvalue weighted by atomic mass is 32.2. The fraction of sp³-hybridized carbons (Fsp3) is 0.538. The SMILES string of the molecule is O=[N+]([O-])c1ccc(S(=O)(=O)NC2CCCCC2CO)cc1. The topological polar surface area (TPSA) is 110 Å². The van der Waals surface area contributed by atoms with Crippen LogP contribution in [0.15, 0.2) is 29.2 Å². The van der Waals surface area contributed by atoms with Crippen molar-refractivity contribution >= 4 is 15.7 Å². The van der Waals surface area contributed by atoms with Crippen LogP contribution >= 0.6 is 0 Å². The van der Waals surface area contributed by atoms with Gasteiger partial charge in [-0.05, 0) is 30.9 Å². The summed E-state index contributed by atoms with van der Waals surface area (Å²) >= 11 is 0. The van der Waals surface area contributed by atoms with Gasteiger partial charge >= 0.3 is 0 Å². The smallest absolute Gasteiger partial charge is 0.269 e. The highest BCUT2D eigenvalue weighted by Crippen LogP contribution is 2.26. The lowest BCUT2D eigenvalue weighted by Crippen LogP contribution is -2.43. The predicted molar refractivity (Wildman–Crippen MR) is 76.2 cm³/mol. The van der Waals surface area contributed by atoms with Gasteiger partial charge in [0.1, 0.15) is 0 Å². The fourth-order valence-electron chi connectivity index (χ4n) is 2.60. The van der Waals surface area contributed by atoms with Crippen LogP contribution in [0.5, 0.6) is 0 Å². The van der Waals surface area contributed by atoms with Crippen molar-refractivity contribution in [3.8, 4) is 0 Å². The Morgan fingerprint density at radius 3 is 2.43 bits per heavy atom. The minimum atomic E-state index is -3.73. The van der Waals surface area contributed by atoms with Crippen LogP contribution < -0.4 is 4.72 Å². The van der Waals surface area contributed by atoms with Gasteiger partial charge in [-0.15, -0.1) is 0 Å². The van der Waals surface area contributed by atoms with Gasteiger partial charge in [0.2, 0.25) is 10.0 Å². The van der Waals surface area contributed by atoms with E-state index in [4.69, 9.17) is 0 Å². The first-order valence-corrected chi connectivity index (χ1v) is 8.30. The van der Waals surface area contributed by atoms with Crippen molar-refractivity contribution in [2.45, 2.75) is 36.6 Å². The van der Waals surface area contributed by atoms with Gasteiger partial charge < -0.3 is 5.11 Å². The summed E-state index contributed by atoms with van der Waals surface area (Å²) in [7, 11) is -3.73. The number of aliphatic hydroxyl groups is 1. The molecule has 21 heavy (non-hydrogen) atoms. The quantitative estimate of drug-likeness (QED) is 0.631. The monoisotopic (exact) mass is 314 g/mol. The van der Waals surface area contributed by atoms with E-state index >= 15 is 0 Å². The summed E-state index contributed by atoms with van der Waals surface area (Å²) in [6.45, 7) is -0.0482. The third-order valence-corrected chi connectivity index (χ3v) is 5.31. The second-order valence-electron chi connectivity index (χ2n) is 5.21. The van der Waals surface area contributed by atoms with Crippen molar-refractivity contribution < 1.29 is 18.4 Å². The molecule has 7 nitrogen and oxygen atoms in total. The molecular weight excluding hydrogens is 296 g/mol. The Hall–Kier alpha value is -1.51. The number of benzene rings is 1. The molecule has 0 radical (unpaired) electrons. The van der Waals surface area contributed by atoms with E-state index in [1.54, 1.807) is 0 Å². The second-order valence-corrected chi connectivity index (χ2v) is 6.92. The summed E-state index contributed by atoms with van der Waals surface area (Å²) in [5, 5.41) is 19.9. The number of aliphatic hydroxyl groups excluding tert-OH is 1. The summed E-state index contributed by atoms with van der Waals surface area (Å²) < 4.78 is 27.2. The summed E-state index contributed by atoms with van der Waals surface area (Å²) in [5.41, 5.74) is -0.153. The maximum absolute atomic E-state index is 12.3. The van der Waals surface area contributed by atoms with E-state index in [0.717, 1.165) is 19.3 Å². The minimum Gasteiger partial charge on any atom is -0.396 e. The number of hydrogen-bond donors (Lipinski definition) is 2. The molecule has 1 saturated carbocycles. The van der Waals surface area contributed by atoms with E-state index in [0.29, 0.717) is 6.42 Å². The lowest BCUT2D eigenvalue weighted by atomic mass is 9.86. The van der Waals surface area contributed by atoms with Crippen molar-refractivity contribution in [1.82, 2.24) is 4.72 Å². The van der Waals surface area contributed by atoms with Crippen LogP contribution in [0.1, 0.15) is 25.7 Å². The molecule has 0 amide bonds. The van der Waals surface area contributed by atoms with E-state index < -0.39 is 14.9 Å². The van der Waals surface area contributed by atoms with Gasteiger partial charge in [0.25, 0.3) is 5.69 Å². The van der Waals surface area contributed by atoms with Crippen molar-refractivity contribution in [2.75, 3.05) is 6.61 Å². The van der Waals surface area contributed by atoms with Crippen LogP contribution in [0, 0.1) is 16.0 Å². The molecule has 0 aromatic heterocycles. The van der Waals surface area contributed by atoms with E-state index in [1.165, 1.54) is 24.3 Å². The molecule has 1 fully saturated rings. The molecule has 2 atom stereocenters. The van der Waals surface area contributed by atoms with Crippen LogP contribution in [0.2, 0.25) is 0 Å². The van der Waals surface area contributed by atoms with Crippen LogP contribution in [-0.4, -0.2) is 31.1 Å². The maximum Gasteiger partial charge on any atom is 0.269 e. The van der Waals surface area contributed by atoms with Crippen molar-refractivity contribution in [1.29, 1.82) is 0 Å². The van der Waals surface area contributed by atoms with Crippen LogP contribution in [0.25, 0.3) is 0 Å². The highest BCUT2D eigenvalue weighted by Gasteiger charge is 2.29. The zero-order valence-electron chi connectivity index (χ0n) is 11.4. The van der Waals surface area contributed by atoms with Gasteiger partial charge in [-0.1, -0.05) is 12.8 Å². The zero-order chi connectivity index (χ0) is 15.5. The number of nitrogens with zero attached hydrogens (tertiary/aromatic N) is 1. The molecule has 2 N–H and O–H groups in total. The molecule has 116 valence electrons. The summed E-state index contributed by atoms with van der Waals surface area (Å²) in [6, 6.07) is 4.48. The van der Waals surface area contributed by atoms with Gasteiger partial charge in [0.05, 0.1) is 9.82 Å². The number of hydrogen-bond acceptors (Lipinski definition) is 5. The standard InChI is InChI=1S/C13H18N2O5S/c16-9-10-3-1-2-4-13(10)14-21(19,20)12-7-5-11(6-8-12)15(17)18/h5-8,10,13-14,16H,1-4,9H2. The lowest BCUT2D eigenvalue weighted by Gasteiger charge is -2.30. The van der Waals surface area contributed by atoms with Crippen molar-refractivity contribution in [3.63, 3.8) is 0 Å². The van der Waals surface area contributed by atoms with Crippen LogP contribution in [-0.2, 0) is 10.0 Å². The Labute approximate surface area is 123 Å². The Morgan fingerprint density at radius 2 is 1.86 bits per heavy atom. The van der Waals surface area contributed by atoms with Crippen molar-refractivity contribution in [2.24, 2.45) is 5.92 Å². The van der Waals surface area contributed by atoms with Crippen LogP contribution in [0.3, 0.4) is 0 Å². The Bertz CT molecular complexity index is 599. The molecule has 1 aliphatic rings. The largest absolute Gasteiger partial charge is 0.396 e. The van der Waals surface area contributed by atoms with Gasteiger partial charge in [-0.25, -0.2) is 13.1 Å². The van der Waals surface area contributed by atoms with E-state index in [9.17, 15) is 23.6 Å². The first kappa shape index (κ1) is 15.9. The summed E-state index contributed by atoms with van der Waals surface area (Å²) in [6.07, 6.45) is 3.40. The van der Waals surface area contributed by atoms with E-state index in [2.05, 4.69) is 4.72 Å². The first-order chi connectivity index (χ1) is 9.94. The zero-order valence-corrected chi connectivity index (χ0v) is 12.3. The van der Waals surface area contributed by atoms with Crippen molar-refractivity contribution in [3.05, 3.63) is 34.4 Å². The molecule has 0 aliphatic heterocycles. The van der Waals surface area contributed by atoms with Gasteiger partial charge in [0.15, 0.2) is 0 Å². The third-order valence-electron chi connectivity index (χ3n) is 3.81. The molecule has 2 rings (SSSR count). The molecule has 0 spiro atoms. The van der Waals surface area contributed by atoms with Gasteiger partial charge in [0, 0.05) is 24.8 Å².